The summed E-state index contributed by atoms with van der Waals surface area (Å²) >= 11 is 0. The number of aromatic nitrogens is 1. The van der Waals surface area contributed by atoms with Gasteiger partial charge < -0.3 is 0 Å². The average molecular weight is 195 g/mol. The van der Waals surface area contributed by atoms with Crippen molar-refractivity contribution >= 4 is 11.6 Å². The summed E-state index contributed by atoms with van der Waals surface area (Å²) in [5, 5.41) is 0. The molecule has 0 bridgehead atoms. The van der Waals surface area contributed by atoms with Gasteiger partial charge in [-0.3, -0.25) is 4.98 Å². The third-order valence-electron chi connectivity index (χ3n) is 2.32. The molecular weight excluding hydrogens is 182 g/mol. The SMILES string of the molecule is CC(=Cc1ccncc1)c1ccccc1. The van der Waals surface area contributed by atoms with Crippen molar-refractivity contribution in [3.05, 3.63) is 66.0 Å². The lowest BCUT2D eigenvalue weighted by molar-refractivity contribution is 1.32. The second-order valence-electron chi connectivity index (χ2n) is 3.47. The van der Waals surface area contributed by atoms with Gasteiger partial charge in [-0.15, -0.1) is 0 Å². The molecule has 1 aromatic carbocycles. The van der Waals surface area contributed by atoms with Crippen LogP contribution in [0.1, 0.15) is 18.1 Å². The molecule has 0 saturated carbocycles. The van der Waals surface area contributed by atoms with E-state index in [0.29, 0.717) is 0 Å². The lowest BCUT2D eigenvalue weighted by atomic mass is 10.1. The minimum Gasteiger partial charge on any atom is -0.265 e. The number of nitrogens with zero attached hydrogens (tertiary/aromatic N) is 1. The van der Waals surface area contributed by atoms with E-state index in [1.54, 1.807) is 0 Å². The third kappa shape index (κ3) is 2.53. The van der Waals surface area contributed by atoms with Gasteiger partial charge in [-0.25, -0.2) is 0 Å². The highest BCUT2D eigenvalue weighted by molar-refractivity contribution is 5.79. The number of pyridine rings is 1. The molecule has 0 amide bonds. The van der Waals surface area contributed by atoms with Crippen LogP contribution >= 0.6 is 0 Å². The van der Waals surface area contributed by atoms with Gasteiger partial charge in [0.25, 0.3) is 0 Å². The van der Waals surface area contributed by atoms with E-state index in [9.17, 15) is 0 Å². The predicted molar refractivity (Wildman–Crippen MR) is 64.2 cm³/mol. The summed E-state index contributed by atoms with van der Waals surface area (Å²) < 4.78 is 0. The monoisotopic (exact) mass is 195 g/mol. The lowest BCUT2D eigenvalue weighted by Gasteiger charge is -2.00. The summed E-state index contributed by atoms with van der Waals surface area (Å²) in [6, 6.07) is 14.4. The van der Waals surface area contributed by atoms with Crippen molar-refractivity contribution in [2.75, 3.05) is 0 Å². The van der Waals surface area contributed by atoms with Gasteiger partial charge in [-0.05, 0) is 35.8 Å². The highest BCUT2D eigenvalue weighted by Gasteiger charge is 1.93. The van der Waals surface area contributed by atoms with E-state index in [2.05, 4.69) is 42.2 Å². The van der Waals surface area contributed by atoms with Gasteiger partial charge in [-0.2, -0.15) is 0 Å². The summed E-state index contributed by atoms with van der Waals surface area (Å²) in [6.45, 7) is 2.12. The van der Waals surface area contributed by atoms with Crippen LogP contribution in [0.4, 0.5) is 0 Å². The highest BCUT2D eigenvalue weighted by Crippen LogP contribution is 2.16. The molecule has 0 atom stereocenters. The molecule has 15 heavy (non-hydrogen) atoms. The number of hydrogen-bond acceptors (Lipinski definition) is 1. The molecule has 0 N–H and O–H groups in total. The first kappa shape index (κ1) is 9.66. The van der Waals surface area contributed by atoms with Gasteiger partial charge in [0.15, 0.2) is 0 Å². The van der Waals surface area contributed by atoms with Crippen LogP contribution in [0, 0.1) is 0 Å². The normalized spacial score (nSPS) is 11.4. The molecule has 1 aromatic heterocycles. The van der Waals surface area contributed by atoms with Gasteiger partial charge >= 0.3 is 0 Å². The molecule has 0 aliphatic carbocycles. The van der Waals surface area contributed by atoms with Crippen molar-refractivity contribution in [2.45, 2.75) is 6.92 Å². The van der Waals surface area contributed by atoms with Crippen molar-refractivity contribution < 1.29 is 0 Å². The Hall–Kier alpha value is -1.89. The molecule has 0 aliphatic rings. The Morgan fingerprint density at radius 2 is 1.67 bits per heavy atom. The zero-order chi connectivity index (χ0) is 10.5. The third-order valence-corrected chi connectivity index (χ3v) is 2.32. The molecule has 0 radical (unpaired) electrons. The van der Waals surface area contributed by atoms with E-state index in [4.69, 9.17) is 0 Å². The fourth-order valence-corrected chi connectivity index (χ4v) is 1.49. The van der Waals surface area contributed by atoms with Gasteiger partial charge in [-0.1, -0.05) is 36.4 Å². The van der Waals surface area contributed by atoms with E-state index in [-0.39, 0.29) is 0 Å². The van der Waals surface area contributed by atoms with Crippen LogP contribution in [0.25, 0.3) is 11.6 Å². The quantitative estimate of drug-likeness (QED) is 0.712. The van der Waals surface area contributed by atoms with Crippen molar-refractivity contribution in [1.29, 1.82) is 0 Å². The minimum atomic E-state index is 1.19. The van der Waals surface area contributed by atoms with E-state index in [1.165, 1.54) is 16.7 Å². The van der Waals surface area contributed by atoms with Gasteiger partial charge in [0.1, 0.15) is 0 Å². The maximum Gasteiger partial charge on any atom is 0.0273 e. The Balaban J connectivity index is 2.29. The summed E-state index contributed by atoms with van der Waals surface area (Å²) in [7, 11) is 0. The Labute approximate surface area is 90.1 Å². The molecule has 0 spiro atoms. The van der Waals surface area contributed by atoms with Crippen LogP contribution in [-0.4, -0.2) is 4.98 Å². The molecule has 1 nitrogen and oxygen atoms in total. The van der Waals surface area contributed by atoms with Crippen molar-refractivity contribution in [2.24, 2.45) is 0 Å². The fraction of sp³-hybridized carbons (Fsp3) is 0.0714. The van der Waals surface area contributed by atoms with Crippen LogP contribution in [-0.2, 0) is 0 Å². The molecule has 0 saturated heterocycles. The van der Waals surface area contributed by atoms with Crippen molar-refractivity contribution in [3.63, 3.8) is 0 Å². The van der Waals surface area contributed by atoms with Crippen molar-refractivity contribution in [1.82, 2.24) is 4.98 Å². The van der Waals surface area contributed by atoms with Gasteiger partial charge in [0.2, 0.25) is 0 Å². The van der Waals surface area contributed by atoms with Crippen LogP contribution in [0.15, 0.2) is 54.9 Å². The molecule has 74 valence electrons. The Kier molecular flexibility index (Phi) is 2.93. The maximum absolute atomic E-state index is 4.00. The second-order valence-corrected chi connectivity index (χ2v) is 3.47. The van der Waals surface area contributed by atoms with E-state index in [0.717, 1.165) is 0 Å². The molecule has 0 fully saturated rings. The molecule has 1 heteroatoms. The average Bonchev–Trinajstić information content (AvgIpc) is 2.31. The van der Waals surface area contributed by atoms with Crippen LogP contribution in [0.2, 0.25) is 0 Å². The second kappa shape index (κ2) is 4.56. The van der Waals surface area contributed by atoms with E-state index >= 15 is 0 Å². The van der Waals surface area contributed by atoms with Crippen molar-refractivity contribution in [3.8, 4) is 0 Å². The smallest absolute Gasteiger partial charge is 0.0273 e. The summed E-state index contributed by atoms with van der Waals surface area (Å²) in [4.78, 5) is 4.00. The number of hydrogen-bond donors (Lipinski definition) is 0. The highest BCUT2D eigenvalue weighted by atomic mass is 14.6. The van der Waals surface area contributed by atoms with Crippen LogP contribution in [0.5, 0.6) is 0 Å². The first-order valence-electron chi connectivity index (χ1n) is 5.00. The molecule has 2 rings (SSSR count). The van der Waals surface area contributed by atoms with Gasteiger partial charge in [0.05, 0.1) is 0 Å². The van der Waals surface area contributed by atoms with E-state index < -0.39 is 0 Å². The summed E-state index contributed by atoms with van der Waals surface area (Å²) in [5.41, 5.74) is 3.71. The first-order valence-corrected chi connectivity index (χ1v) is 5.00. The fourth-order valence-electron chi connectivity index (χ4n) is 1.49. The number of allylic oxidation sites excluding steroid dienone is 1. The molecule has 0 unspecified atom stereocenters. The van der Waals surface area contributed by atoms with Crippen LogP contribution < -0.4 is 0 Å². The first-order chi connectivity index (χ1) is 7.36. The molecular formula is C14H13N. The summed E-state index contributed by atoms with van der Waals surface area (Å²) in [6.07, 6.45) is 5.78. The number of rotatable bonds is 2. The maximum atomic E-state index is 4.00. The molecule has 1 heterocycles. The zero-order valence-electron chi connectivity index (χ0n) is 8.72. The van der Waals surface area contributed by atoms with Gasteiger partial charge in [0, 0.05) is 12.4 Å². The number of benzene rings is 1. The standard InChI is InChI=1S/C14H13N/c1-12(14-5-3-2-4-6-14)11-13-7-9-15-10-8-13/h2-11H,1H3. The Morgan fingerprint density at radius 1 is 1.00 bits per heavy atom. The van der Waals surface area contributed by atoms with E-state index in [1.807, 2.05) is 30.6 Å². The Morgan fingerprint density at radius 3 is 2.33 bits per heavy atom. The predicted octanol–water partition coefficient (Wildman–Crippen LogP) is 3.64. The summed E-state index contributed by atoms with van der Waals surface area (Å²) in [5.74, 6) is 0. The lowest BCUT2D eigenvalue weighted by Crippen LogP contribution is -1.79. The zero-order valence-corrected chi connectivity index (χ0v) is 8.72. The Bertz CT molecular complexity index is 443. The topological polar surface area (TPSA) is 12.9 Å². The van der Waals surface area contributed by atoms with Crippen LogP contribution in [0.3, 0.4) is 0 Å². The largest absolute Gasteiger partial charge is 0.265 e. The molecule has 2 aromatic rings. The minimum absolute atomic E-state index is 1.19. The molecule has 0 aliphatic heterocycles.